The Morgan fingerprint density at radius 2 is 2.00 bits per heavy atom. The molecule has 0 bridgehead atoms. The predicted molar refractivity (Wildman–Crippen MR) is 57.7 cm³/mol. The summed E-state index contributed by atoms with van der Waals surface area (Å²) in [6.45, 7) is 1.93. The highest BCUT2D eigenvalue weighted by molar-refractivity contribution is 6.07. The first kappa shape index (κ1) is 13.4. The average Bonchev–Trinajstić information content (AvgIpc) is 2.28. The first-order valence-corrected chi connectivity index (χ1v) is 5.69. The molecule has 5 heteroatoms. The third-order valence-electron chi connectivity index (χ3n) is 2.84. The lowest BCUT2D eigenvalue weighted by molar-refractivity contribution is -0.154. The van der Waals surface area contributed by atoms with E-state index in [-0.39, 0.29) is 43.9 Å². The zero-order chi connectivity index (χ0) is 12.8. The van der Waals surface area contributed by atoms with Gasteiger partial charge in [-0.15, -0.1) is 0 Å². The lowest BCUT2D eigenvalue weighted by Gasteiger charge is -2.24. The van der Waals surface area contributed by atoms with E-state index in [1.165, 1.54) is 0 Å². The Labute approximate surface area is 99.7 Å². The molecule has 0 atom stereocenters. The molecule has 0 aliphatic heterocycles. The molecule has 92 valence electrons. The molecule has 1 saturated carbocycles. The van der Waals surface area contributed by atoms with E-state index in [1.54, 1.807) is 6.92 Å². The number of hydrogen-bond acceptors (Lipinski definition) is 5. The van der Waals surface area contributed by atoms with E-state index in [9.17, 15) is 14.4 Å². The number of hydrogen-bond donors (Lipinski definition) is 0. The SMILES string of the molecule is CCOC(=O)C1CC(=O)C(CCC#N)C(=O)C1. The first-order valence-electron chi connectivity index (χ1n) is 5.69. The molecule has 1 fully saturated rings. The Morgan fingerprint density at radius 1 is 1.41 bits per heavy atom. The third kappa shape index (κ3) is 3.38. The molecule has 0 spiro atoms. The number of carbonyl (C=O) groups is 3. The molecule has 0 saturated heterocycles. The summed E-state index contributed by atoms with van der Waals surface area (Å²) in [5.74, 6) is -2.29. The normalized spacial score (nSPS) is 24.2. The molecule has 1 aliphatic rings. The highest BCUT2D eigenvalue weighted by Gasteiger charge is 2.38. The van der Waals surface area contributed by atoms with E-state index in [2.05, 4.69) is 0 Å². The molecular weight excluding hydrogens is 222 g/mol. The summed E-state index contributed by atoms with van der Waals surface area (Å²) >= 11 is 0. The topological polar surface area (TPSA) is 84.2 Å². The van der Waals surface area contributed by atoms with Crippen LogP contribution < -0.4 is 0 Å². The third-order valence-corrected chi connectivity index (χ3v) is 2.84. The molecule has 0 radical (unpaired) electrons. The van der Waals surface area contributed by atoms with Crippen LogP contribution in [0.1, 0.15) is 32.6 Å². The number of nitriles is 1. The fourth-order valence-electron chi connectivity index (χ4n) is 1.98. The number of ether oxygens (including phenoxy) is 1. The van der Waals surface area contributed by atoms with Crippen LogP contribution in [0.15, 0.2) is 0 Å². The molecule has 0 N–H and O–H groups in total. The molecule has 1 rings (SSSR count). The molecule has 0 amide bonds. The van der Waals surface area contributed by atoms with Gasteiger partial charge in [-0.25, -0.2) is 0 Å². The van der Waals surface area contributed by atoms with Crippen molar-refractivity contribution in [1.82, 2.24) is 0 Å². The van der Waals surface area contributed by atoms with Crippen LogP contribution in [0.3, 0.4) is 0 Å². The number of rotatable bonds is 4. The fraction of sp³-hybridized carbons (Fsp3) is 0.667. The Morgan fingerprint density at radius 3 is 2.47 bits per heavy atom. The van der Waals surface area contributed by atoms with Gasteiger partial charge in [0.05, 0.1) is 24.5 Å². The van der Waals surface area contributed by atoms with Crippen molar-refractivity contribution in [3.05, 3.63) is 0 Å². The molecule has 0 aromatic rings. The molecule has 1 aliphatic carbocycles. The van der Waals surface area contributed by atoms with E-state index in [4.69, 9.17) is 10.00 Å². The number of esters is 1. The van der Waals surface area contributed by atoms with Crippen molar-refractivity contribution in [2.24, 2.45) is 11.8 Å². The van der Waals surface area contributed by atoms with Gasteiger partial charge in [0.25, 0.3) is 0 Å². The summed E-state index contributed by atoms with van der Waals surface area (Å²) in [6.07, 6.45) is 0.567. The zero-order valence-electron chi connectivity index (χ0n) is 9.77. The molecule has 0 heterocycles. The second-order valence-corrected chi connectivity index (χ2v) is 4.04. The van der Waals surface area contributed by atoms with Gasteiger partial charge < -0.3 is 4.74 Å². The van der Waals surface area contributed by atoms with Crippen LogP contribution in [-0.2, 0) is 19.1 Å². The van der Waals surface area contributed by atoms with Crippen LogP contribution in [0.4, 0.5) is 0 Å². The van der Waals surface area contributed by atoms with Gasteiger partial charge in [-0.1, -0.05) is 0 Å². The van der Waals surface area contributed by atoms with Crippen LogP contribution in [0.25, 0.3) is 0 Å². The van der Waals surface area contributed by atoms with E-state index < -0.39 is 17.8 Å². The minimum absolute atomic E-state index is 0.0562. The number of carbonyl (C=O) groups excluding carboxylic acids is 3. The molecule has 0 aromatic carbocycles. The molecule has 17 heavy (non-hydrogen) atoms. The largest absolute Gasteiger partial charge is 0.466 e. The van der Waals surface area contributed by atoms with E-state index in [0.717, 1.165) is 0 Å². The highest BCUT2D eigenvalue weighted by Crippen LogP contribution is 2.27. The Bertz CT molecular complexity index is 351. The van der Waals surface area contributed by atoms with Crippen LogP contribution in [0, 0.1) is 23.2 Å². The Balaban J connectivity index is 2.61. The van der Waals surface area contributed by atoms with Gasteiger partial charge in [-0.05, 0) is 13.3 Å². The second-order valence-electron chi connectivity index (χ2n) is 4.04. The van der Waals surface area contributed by atoms with Crippen molar-refractivity contribution in [3.8, 4) is 6.07 Å². The van der Waals surface area contributed by atoms with Crippen molar-refractivity contribution in [2.75, 3.05) is 6.61 Å². The van der Waals surface area contributed by atoms with Crippen LogP contribution in [0.2, 0.25) is 0 Å². The van der Waals surface area contributed by atoms with Crippen LogP contribution in [0.5, 0.6) is 0 Å². The highest BCUT2D eigenvalue weighted by atomic mass is 16.5. The predicted octanol–water partition coefficient (Wildman–Crippen LogP) is 1.02. The minimum Gasteiger partial charge on any atom is -0.466 e. The van der Waals surface area contributed by atoms with Crippen molar-refractivity contribution >= 4 is 17.5 Å². The fourth-order valence-corrected chi connectivity index (χ4v) is 1.98. The number of ketones is 2. The van der Waals surface area contributed by atoms with Gasteiger partial charge in [0.2, 0.25) is 0 Å². The first-order chi connectivity index (χ1) is 8.10. The maximum atomic E-state index is 11.7. The standard InChI is InChI=1S/C12H15NO4/c1-2-17-12(16)8-6-10(14)9(4-3-5-13)11(15)7-8/h8-9H,2-4,6-7H2,1H3. The quantitative estimate of drug-likeness (QED) is 0.538. The van der Waals surface area contributed by atoms with Crippen molar-refractivity contribution < 1.29 is 19.1 Å². The lowest BCUT2D eigenvalue weighted by atomic mass is 9.78. The molecule has 0 unspecified atom stereocenters. The average molecular weight is 237 g/mol. The second kappa shape index (κ2) is 6.14. The minimum atomic E-state index is -0.694. The van der Waals surface area contributed by atoms with E-state index in [1.807, 2.05) is 6.07 Å². The molecule has 0 aromatic heterocycles. The summed E-state index contributed by atoms with van der Waals surface area (Å²) in [5, 5.41) is 8.43. The van der Waals surface area contributed by atoms with Crippen LogP contribution in [-0.4, -0.2) is 24.1 Å². The maximum absolute atomic E-state index is 11.7. The Kier molecular flexibility index (Phi) is 4.83. The smallest absolute Gasteiger partial charge is 0.309 e. The van der Waals surface area contributed by atoms with Gasteiger partial charge in [-0.2, -0.15) is 5.26 Å². The monoisotopic (exact) mass is 237 g/mol. The van der Waals surface area contributed by atoms with Gasteiger partial charge in [0, 0.05) is 19.3 Å². The summed E-state index contributed by atoms with van der Waals surface area (Å²) < 4.78 is 4.80. The molecular formula is C12H15NO4. The van der Waals surface area contributed by atoms with E-state index >= 15 is 0 Å². The zero-order valence-corrected chi connectivity index (χ0v) is 9.77. The van der Waals surface area contributed by atoms with Crippen molar-refractivity contribution in [1.29, 1.82) is 5.26 Å². The van der Waals surface area contributed by atoms with E-state index in [0.29, 0.717) is 0 Å². The van der Waals surface area contributed by atoms with Gasteiger partial charge in [-0.3, -0.25) is 14.4 Å². The lowest BCUT2D eigenvalue weighted by Crippen LogP contribution is -2.37. The summed E-state index contributed by atoms with van der Waals surface area (Å²) in [7, 11) is 0. The van der Waals surface area contributed by atoms with Gasteiger partial charge >= 0.3 is 5.97 Å². The van der Waals surface area contributed by atoms with Crippen molar-refractivity contribution in [2.45, 2.75) is 32.6 Å². The Hall–Kier alpha value is -1.70. The van der Waals surface area contributed by atoms with Gasteiger partial charge in [0.15, 0.2) is 0 Å². The summed E-state index contributed by atoms with van der Waals surface area (Å²) in [4.78, 5) is 34.8. The van der Waals surface area contributed by atoms with Crippen LogP contribution >= 0.6 is 0 Å². The number of Topliss-reactive ketones (excluding diaryl/α,β-unsaturated/α-hetero) is 2. The summed E-state index contributed by atoms with van der Waals surface area (Å²) in [6, 6.07) is 1.91. The summed E-state index contributed by atoms with van der Waals surface area (Å²) in [5.41, 5.74) is 0. The molecule has 5 nitrogen and oxygen atoms in total. The maximum Gasteiger partial charge on any atom is 0.309 e. The number of nitrogens with zero attached hydrogens (tertiary/aromatic N) is 1. The van der Waals surface area contributed by atoms with Crippen molar-refractivity contribution in [3.63, 3.8) is 0 Å². The van der Waals surface area contributed by atoms with Gasteiger partial charge in [0.1, 0.15) is 11.6 Å².